The number of hydrogen-bond acceptors (Lipinski definition) is 6. The first-order valence-electron chi connectivity index (χ1n) is 10.7. The van der Waals surface area contributed by atoms with Crippen LogP contribution in [0.5, 0.6) is 0 Å². The Kier molecular flexibility index (Phi) is 8.24. The van der Waals surface area contributed by atoms with Crippen molar-refractivity contribution in [1.29, 1.82) is 0 Å². The van der Waals surface area contributed by atoms with Gasteiger partial charge in [0.1, 0.15) is 0 Å². The predicted molar refractivity (Wildman–Crippen MR) is 122 cm³/mol. The number of anilines is 1. The Morgan fingerprint density at radius 2 is 1.66 bits per heavy atom. The summed E-state index contributed by atoms with van der Waals surface area (Å²) in [6.07, 6.45) is 1.67. The van der Waals surface area contributed by atoms with Gasteiger partial charge in [0, 0.05) is 37.8 Å². The molecule has 0 spiro atoms. The third-order valence-corrected chi connectivity index (χ3v) is 7.45. The number of methoxy groups -OCH3 is 1. The van der Waals surface area contributed by atoms with Crippen molar-refractivity contribution in [3.8, 4) is 0 Å². The van der Waals surface area contributed by atoms with Crippen LogP contribution in [-0.4, -0.2) is 57.9 Å². The number of nitrogens with zero attached hydrogens (tertiary/aromatic N) is 1. The molecule has 1 aliphatic rings. The van der Waals surface area contributed by atoms with E-state index in [4.69, 9.17) is 4.74 Å². The summed E-state index contributed by atoms with van der Waals surface area (Å²) in [6.45, 7) is 1.77. The second kappa shape index (κ2) is 11.1. The van der Waals surface area contributed by atoms with Gasteiger partial charge in [-0.05, 0) is 43.5 Å². The molecule has 0 unspecified atom stereocenters. The van der Waals surface area contributed by atoms with E-state index in [-0.39, 0.29) is 35.4 Å². The Labute approximate surface area is 189 Å². The highest BCUT2D eigenvalue weighted by molar-refractivity contribution is 7.89. The summed E-state index contributed by atoms with van der Waals surface area (Å²) < 4.78 is 32.2. The van der Waals surface area contributed by atoms with Crippen LogP contribution in [0.25, 0.3) is 0 Å². The molecule has 2 aromatic carbocycles. The molecule has 0 bridgehead atoms. The molecule has 1 aliphatic heterocycles. The van der Waals surface area contributed by atoms with E-state index in [9.17, 15) is 18.0 Å². The lowest BCUT2D eigenvalue weighted by Gasteiger charge is -2.31. The molecule has 2 aromatic rings. The molecule has 0 radical (unpaired) electrons. The zero-order chi connectivity index (χ0) is 23.0. The Morgan fingerprint density at radius 1 is 1.00 bits per heavy atom. The molecular weight excluding hydrogens is 430 g/mol. The van der Waals surface area contributed by atoms with Crippen LogP contribution in [0.3, 0.4) is 0 Å². The Bertz CT molecular complexity index is 1020. The maximum Gasteiger partial charge on any atom is 0.339 e. The fraction of sp³-hybridized carbons (Fsp3) is 0.391. The zero-order valence-electron chi connectivity index (χ0n) is 18.1. The highest BCUT2D eigenvalue weighted by Gasteiger charge is 2.34. The molecule has 0 aliphatic carbocycles. The third-order valence-electron chi connectivity index (χ3n) is 5.49. The molecule has 2 N–H and O–H groups in total. The van der Waals surface area contributed by atoms with E-state index < -0.39 is 16.0 Å². The van der Waals surface area contributed by atoms with Crippen LogP contribution in [0, 0.1) is 5.92 Å². The highest BCUT2D eigenvalue weighted by Crippen LogP contribution is 2.26. The maximum atomic E-state index is 13.1. The van der Waals surface area contributed by atoms with Crippen molar-refractivity contribution in [2.75, 3.05) is 38.6 Å². The lowest BCUT2D eigenvalue weighted by Crippen LogP contribution is -2.43. The smallest absolute Gasteiger partial charge is 0.339 e. The van der Waals surface area contributed by atoms with E-state index in [0.717, 1.165) is 18.7 Å². The number of benzene rings is 2. The molecule has 1 heterocycles. The molecule has 3 rings (SSSR count). The first kappa shape index (κ1) is 23.7. The number of carbonyl (C=O) groups is 2. The van der Waals surface area contributed by atoms with Crippen molar-refractivity contribution in [3.05, 3.63) is 60.2 Å². The summed E-state index contributed by atoms with van der Waals surface area (Å²) >= 11 is 0. The number of amides is 1. The zero-order valence-corrected chi connectivity index (χ0v) is 18.9. The number of rotatable bonds is 9. The molecule has 0 aromatic heterocycles. The van der Waals surface area contributed by atoms with Gasteiger partial charge in [-0.1, -0.05) is 30.3 Å². The number of esters is 1. The molecule has 32 heavy (non-hydrogen) atoms. The standard InChI is InChI=1S/C23H29N3O5S/c1-31-23(28)20-10-5-6-11-21(20)32(29,30)26-16-12-18(13-17-26)22(27)25-15-7-14-24-19-8-3-2-4-9-19/h2-6,8-11,18,24H,7,12-17H2,1H3,(H,25,27). The molecule has 1 amide bonds. The number of ether oxygens (including phenoxy) is 1. The summed E-state index contributed by atoms with van der Waals surface area (Å²) in [4.78, 5) is 24.4. The Hall–Kier alpha value is -2.91. The van der Waals surface area contributed by atoms with Gasteiger partial charge in [-0.2, -0.15) is 4.31 Å². The minimum Gasteiger partial charge on any atom is -0.465 e. The second-order valence-corrected chi connectivity index (χ2v) is 9.51. The van der Waals surface area contributed by atoms with Gasteiger partial charge in [0.15, 0.2) is 0 Å². The van der Waals surface area contributed by atoms with Gasteiger partial charge in [0.2, 0.25) is 15.9 Å². The lowest BCUT2D eigenvalue weighted by atomic mass is 9.97. The van der Waals surface area contributed by atoms with E-state index in [0.29, 0.717) is 19.4 Å². The molecular formula is C23H29N3O5S. The fourth-order valence-electron chi connectivity index (χ4n) is 3.70. The van der Waals surface area contributed by atoms with Crippen LogP contribution in [0.4, 0.5) is 5.69 Å². The van der Waals surface area contributed by atoms with Crippen LogP contribution >= 0.6 is 0 Å². The summed E-state index contributed by atoms with van der Waals surface area (Å²) in [5.74, 6) is -0.962. The van der Waals surface area contributed by atoms with Crippen molar-refractivity contribution < 1.29 is 22.7 Å². The monoisotopic (exact) mass is 459 g/mol. The molecule has 8 nitrogen and oxygen atoms in total. The van der Waals surface area contributed by atoms with Crippen molar-refractivity contribution in [1.82, 2.24) is 9.62 Å². The average Bonchev–Trinajstić information content (AvgIpc) is 2.84. The molecule has 1 fully saturated rings. The van der Waals surface area contributed by atoms with Gasteiger partial charge >= 0.3 is 5.97 Å². The summed E-state index contributed by atoms with van der Waals surface area (Å²) in [6, 6.07) is 15.9. The van der Waals surface area contributed by atoms with Crippen LogP contribution < -0.4 is 10.6 Å². The predicted octanol–water partition coefficient (Wildman–Crippen LogP) is 2.49. The summed E-state index contributed by atoms with van der Waals surface area (Å²) in [5.41, 5.74) is 1.06. The van der Waals surface area contributed by atoms with Crippen molar-refractivity contribution in [3.63, 3.8) is 0 Å². The number of hydrogen-bond donors (Lipinski definition) is 2. The minimum absolute atomic E-state index is 0.0129. The number of nitrogens with one attached hydrogen (secondary N) is 2. The SMILES string of the molecule is COC(=O)c1ccccc1S(=O)(=O)N1CCC(C(=O)NCCCNc2ccccc2)CC1. The first-order chi connectivity index (χ1) is 15.4. The van der Waals surface area contributed by atoms with E-state index in [1.165, 1.54) is 23.5 Å². The number of piperidine rings is 1. The summed E-state index contributed by atoms with van der Waals surface area (Å²) in [7, 11) is -2.64. The first-order valence-corrected chi connectivity index (χ1v) is 12.1. The molecule has 172 valence electrons. The fourth-order valence-corrected chi connectivity index (χ4v) is 5.35. The second-order valence-electron chi connectivity index (χ2n) is 7.60. The van der Waals surface area contributed by atoms with Crippen LogP contribution in [0.15, 0.2) is 59.5 Å². The molecule has 0 atom stereocenters. The quantitative estimate of drug-likeness (QED) is 0.441. The van der Waals surface area contributed by atoms with E-state index in [1.807, 2.05) is 30.3 Å². The Morgan fingerprint density at radius 3 is 2.34 bits per heavy atom. The van der Waals surface area contributed by atoms with E-state index in [1.54, 1.807) is 12.1 Å². The van der Waals surface area contributed by atoms with Crippen molar-refractivity contribution in [2.45, 2.75) is 24.2 Å². The number of carbonyl (C=O) groups excluding carboxylic acids is 2. The highest BCUT2D eigenvalue weighted by atomic mass is 32.2. The van der Waals surface area contributed by atoms with Crippen molar-refractivity contribution >= 4 is 27.6 Å². The summed E-state index contributed by atoms with van der Waals surface area (Å²) in [5, 5.41) is 6.24. The van der Waals surface area contributed by atoms with Crippen LogP contribution in [0.1, 0.15) is 29.6 Å². The van der Waals surface area contributed by atoms with Gasteiger partial charge in [-0.25, -0.2) is 13.2 Å². The van der Waals surface area contributed by atoms with Crippen molar-refractivity contribution in [2.24, 2.45) is 5.92 Å². The van der Waals surface area contributed by atoms with Crippen LogP contribution in [0.2, 0.25) is 0 Å². The normalized spacial score (nSPS) is 15.2. The van der Waals surface area contributed by atoms with Gasteiger partial charge in [0.05, 0.1) is 17.6 Å². The Balaban J connectivity index is 1.47. The largest absolute Gasteiger partial charge is 0.465 e. The van der Waals surface area contributed by atoms with Crippen LogP contribution in [-0.2, 0) is 19.6 Å². The number of para-hydroxylation sites is 1. The topological polar surface area (TPSA) is 105 Å². The van der Waals surface area contributed by atoms with Gasteiger partial charge in [-0.3, -0.25) is 4.79 Å². The molecule has 0 saturated carbocycles. The minimum atomic E-state index is -3.86. The van der Waals surface area contributed by atoms with Gasteiger partial charge in [0.25, 0.3) is 0 Å². The molecule has 1 saturated heterocycles. The lowest BCUT2D eigenvalue weighted by molar-refractivity contribution is -0.126. The number of sulfonamides is 1. The van der Waals surface area contributed by atoms with Gasteiger partial charge < -0.3 is 15.4 Å². The third kappa shape index (κ3) is 5.86. The van der Waals surface area contributed by atoms with E-state index >= 15 is 0 Å². The average molecular weight is 460 g/mol. The molecule has 9 heteroatoms. The maximum absolute atomic E-state index is 13.1. The van der Waals surface area contributed by atoms with Gasteiger partial charge in [-0.15, -0.1) is 0 Å². The van der Waals surface area contributed by atoms with E-state index in [2.05, 4.69) is 10.6 Å².